The summed E-state index contributed by atoms with van der Waals surface area (Å²) in [5.74, 6) is 0.564. The lowest BCUT2D eigenvalue weighted by Crippen LogP contribution is -2.07. The molecule has 1 aromatic heterocycles. The van der Waals surface area contributed by atoms with Crippen LogP contribution in [0, 0.1) is 0 Å². The molecule has 37 heavy (non-hydrogen) atoms. The molecule has 0 fully saturated rings. The van der Waals surface area contributed by atoms with Gasteiger partial charge in [0.2, 0.25) is 0 Å². The highest BCUT2D eigenvalue weighted by atomic mass is 32.2. The van der Waals surface area contributed by atoms with Gasteiger partial charge in [0.25, 0.3) is 20.2 Å². The largest absolute Gasteiger partial charge is 0.319 e. The molecule has 1 heterocycles. The Morgan fingerprint density at radius 3 is 1.89 bits per heavy atom. The highest BCUT2D eigenvalue weighted by Crippen LogP contribution is 2.28. The van der Waals surface area contributed by atoms with Gasteiger partial charge < -0.3 is 4.57 Å². The Labute approximate surface area is 227 Å². The summed E-state index contributed by atoms with van der Waals surface area (Å²) in [7, 11) is -8.37. The SMILES string of the molecule is CCCCCCCCCCCCCCCSc1nc2ccc(S(=O)(=O)O)cc2n1CCCCS(=O)(=O)O. The van der Waals surface area contributed by atoms with Crippen LogP contribution in [0.25, 0.3) is 11.0 Å². The van der Waals surface area contributed by atoms with Gasteiger partial charge in [0.1, 0.15) is 0 Å². The van der Waals surface area contributed by atoms with Gasteiger partial charge >= 0.3 is 0 Å². The molecular formula is C26H44N2O6S3. The second-order valence-corrected chi connectivity index (χ2v) is 13.8. The summed E-state index contributed by atoms with van der Waals surface area (Å²) in [6.07, 6.45) is 17.6. The van der Waals surface area contributed by atoms with Gasteiger partial charge in [0, 0.05) is 12.3 Å². The third-order valence-corrected chi connectivity index (χ3v) is 9.21. The highest BCUT2D eigenvalue weighted by molar-refractivity contribution is 7.99. The van der Waals surface area contributed by atoms with E-state index in [-0.39, 0.29) is 17.1 Å². The average Bonchev–Trinajstić information content (AvgIpc) is 3.17. The van der Waals surface area contributed by atoms with E-state index in [1.54, 1.807) is 17.8 Å². The first-order chi connectivity index (χ1) is 17.6. The molecular weight excluding hydrogens is 532 g/mol. The minimum atomic E-state index is -4.35. The smallest absolute Gasteiger partial charge is 0.294 e. The molecule has 0 saturated heterocycles. The lowest BCUT2D eigenvalue weighted by molar-refractivity contribution is 0.476. The first kappa shape index (κ1) is 32.1. The molecule has 2 N–H and O–H groups in total. The number of fused-ring (bicyclic) bond motifs is 1. The van der Waals surface area contributed by atoms with Gasteiger partial charge in [-0.05, 0) is 37.5 Å². The first-order valence-corrected chi connectivity index (χ1v) is 17.7. The molecule has 0 aliphatic carbocycles. The number of hydrogen-bond acceptors (Lipinski definition) is 6. The van der Waals surface area contributed by atoms with Crippen molar-refractivity contribution in [3.8, 4) is 0 Å². The Balaban J connectivity index is 1.79. The van der Waals surface area contributed by atoms with Crippen LogP contribution in [0.3, 0.4) is 0 Å². The molecule has 2 aromatic rings. The van der Waals surface area contributed by atoms with E-state index in [1.807, 2.05) is 4.57 Å². The molecule has 1 aromatic carbocycles. The van der Waals surface area contributed by atoms with Crippen LogP contribution in [0.5, 0.6) is 0 Å². The Morgan fingerprint density at radius 1 is 0.784 bits per heavy atom. The fraction of sp³-hybridized carbons (Fsp3) is 0.731. The van der Waals surface area contributed by atoms with Crippen molar-refractivity contribution in [1.29, 1.82) is 0 Å². The Bertz CT molecular complexity index is 1150. The van der Waals surface area contributed by atoms with Gasteiger partial charge in [-0.3, -0.25) is 9.11 Å². The van der Waals surface area contributed by atoms with Crippen molar-refractivity contribution in [1.82, 2.24) is 9.55 Å². The minimum Gasteiger partial charge on any atom is -0.319 e. The summed E-state index contributed by atoms with van der Waals surface area (Å²) in [4.78, 5) is 4.44. The van der Waals surface area contributed by atoms with E-state index in [1.165, 1.54) is 82.8 Å². The summed E-state index contributed by atoms with van der Waals surface area (Å²) in [5, 5.41) is 0.744. The zero-order valence-corrected chi connectivity index (χ0v) is 24.6. The van der Waals surface area contributed by atoms with Gasteiger partial charge in [-0.25, -0.2) is 4.98 Å². The van der Waals surface area contributed by atoms with Crippen molar-refractivity contribution < 1.29 is 25.9 Å². The number of imidazole rings is 1. The van der Waals surface area contributed by atoms with Gasteiger partial charge in [-0.15, -0.1) is 0 Å². The molecule has 0 amide bonds. The van der Waals surface area contributed by atoms with Crippen LogP contribution in [-0.2, 0) is 26.8 Å². The van der Waals surface area contributed by atoms with Gasteiger partial charge in [0.15, 0.2) is 5.16 Å². The second-order valence-electron chi connectivity index (χ2n) is 9.76. The molecule has 0 saturated carbocycles. The Kier molecular flexibility index (Phi) is 14.5. The molecule has 0 aliphatic rings. The number of benzene rings is 1. The monoisotopic (exact) mass is 576 g/mol. The van der Waals surface area contributed by atoms with Crippen molar-refractivity contribution in [2.24, 2.45) is 0 Å². The highest BCUT2D eigenvalue weighted by Gasteiger charge is 2.16. The van der Waals surface area contributed by atoms with E-state index in [2.05, 4.69) is 11.9 Å². The van der Waals surface area contributed by atoms with Crippen LogP contribution in [-0.4, -0.2) is 47.0 Å². The Hall–Kier alpha value is -1.14. The van der Waals surface area contributed by atoms with E-state index in [4.69, 9.17) is 4.55 Å². The predicted molar refractivity (Wildman–Crippen MR) is 152 cm³/mol. The van der Waals surface area contributed by atoms with Crippen LogP contribution in [0.1, 0.15) is 103 Å². The molecule has 11 heteroatoms. The molecule has 0 radical (unpaired) electrons. The number of hydrogen-bond donors (Lipinski definition) is 2. The fourth-order valence-corrected chi connectivity index (χ4v) is 6.51. The van der Waals surface area contributed by atoms with E-state index < -0.39 is 20.2 Å². The third-order valence-electron chi connectivity index (χ3n) is 6.50. The van der Waals surface area contributed by atoms with Crippen LogP contribution in [0.2, 0.25) is 0 Å². The summed E-state index contributed by atoms with van der Waals surface area (Å²) < 4.78 is 65.6. The molecule has 8 nitrogen and oxygen atoms in total. The van der Waals surface area contributed by atoms with Crippen molar-refractivity contribution in [2.45, 2.75) is 120 Å². The van der Waals surface area contributed by atoms with E-state index >= 15 is 0 Å². The lowest BCUT2D eigenvalue weighted by Gasteiger charge is -2.09. The average molecular weight is 577 g/mol. The number of nitrogens with zero attached hydrogens (tertiary/aromatic N) is 2. The van der Waals surface area contributed by atoms with Crippen LogP contribution in [0.15, 0.2) is 28.3 Å². The van der Waals surface area contributed by atoms with Gasteiger partial charge in [-0.2, -0.15) is 16.8 Å². The molecule has 212 valence electrons. The lowest BCUT2D eigenvalue weighted by atomic mass is 10.1. The zero-order chi connectivity index (χ0) is 27.2. The number of rotatable bonds is 21. The second kappa shape index (κ2) is 16.7. The van der Waals surface area contributed by atoms with Crippen molar-refractivity contribution in [3.05, 3.63) is 18.2 Å². The standard InChI is InChI=1S/C26H44N2O6S3/c1-2-3-4-5-6-7-8-9-10-11-12-13-15-20-35-26-27-24-18-17-23(37(32,33)34)22-25(24)28(26)19-14-16-21-36(29,30)31/h17-18,22H,2-16,19-21H2,1H3,(H,29,30,31)(H,32,33,34). The predicted octanol–water partition coefficient (Wildman–Crippen LogP) is 7.13. The van der Waals surface area contributed by atoms with Crippen LogP contribution >= 0.6 is 11.8 Å². The maximum atomic E-state index is 11.6. The third kappa shape index (κ3) is 13.0. The maximum Gasteiger partial charge on any atom is 0.294 e. The van der Waals surface area contributed by atoms with Gasteiger partial charge in [-0.1, -0.05) is 95.7 Å². The minimum absolute atomic E-state index is 0.202. The molecule has 0 atom stereocenters. The quantitative estimate of drug-likeness (QED) is 0.0912. The summed E-state index contributed by atoms with van der Waals surface area (Å²) in [6.45, 7) is 2.68. The summed E-state index contributed by atoms with van der Waals surface area (Å²) >= 11 is 1.60. The summed E-state index contributed by atoms with van der Waals surface area (Å²) in [5.41, 5.74) is 1.20. The first-order valence-electron chi connectivity index (χ1n) is 13.7. The van der Waals surface area contributed by atoms with Gasteiger partial charge in [0.05, 0.1) is 21.7 Å². The molecule has 2 rings (SSSR count). The van der Waals surface area contributed by atoms with Crippen LogP contribution in [0.4, 0.5) is 0 Å². The number of unbranched alkanes of at least 4 members (excludes halogenated alkanes) is 13. The van der Waals surface area contributed by atoms with E-state index in [9.17, 15) is 21.4 Å². The zero-order valence-electron chi connectivity index (χ0n) is 22.1. The van der Waals surface area contributed by atoms with E-state index in [0.717, 1.165) is 23.8 Å². The van der Waals surface area contributed by atoms with Crippen molar-refractivity contribution >= 4 is 43.0 Å². The Morgan fingerprint density at radius 2 is 1.35 bits per heavy atom. The number of aryl methyl sites for hydroxylation is 1. The van der Waals surface area contributed by atoms with Crippen molar-refractivity contribution in [3.63, 3.8) is 0 Å². The fourth-order valence-electron chi connectivity index (χ4n) is 4.40. The van der Waals surface area contributed by atoms with Crippen LogP contribution < -0.4 is 0 Å². The topological polar surface area (TPSA) is 127 Å². The normalized spacial score (nSPS) is 12.5. The van der Waals surface area contributed by atoms with Crippen molar-refractivity contribution in [2.75, 3.05) is 11.5 Å². The molecule has 0 unspecified atom stereocenters. The molecule has 0 spiro atoms. The summed E-state index contributed by atoms with van der Waals surface area (Å²) in [6, 6.07) is 4.30. The maximum absolute atomic E-state index is 11.6. The number of aromatic nitrogens is 2. The van der Waals surface area contributed by atoms with E-state index in [0.29, 0.717) is 24.0 Å². The molecule has 0 bridgehead atoms. The number of thioether (sulfide) groups is 1. The molecule has 0 aliphatic heterocycles.